The van der Waals surface area contributed by atoms with Gasteiger partial charge in [0.2, 0.25) is 0 Å². The van der Waals surface area contributed by atoms with Crippen LogP contribution in [0.4, 0.5) is 0 Å². The number of ether oxygens (including phenoxy) is 1. The predicted molar refractivity (Wildman–Crippen MR) is 40.7 cm³/mol. The maximum Gasteiger partial charge on any atom is 0.252 e. The Morgan fingerprint density at radius 1 is 1.73 bits per heavy atom. The van der Waals surface area contributed by atoms with Crippen molar-refractivity contribution in [3.8, 4) is 0 Å². The first kappa shape index (κ1) is 7.94. The number of carbonyl (C=O) groups excluding carboxylic acids is 1. The molecule has 0 aromatic rings. The lowest BCUT2D eigenvalue weighted by Gasteiger charge is -2.26. The standard InChI is InChI=1S/C7H10N2O2/c1-5(2-8)7(10)9-6-3-11-4-6/h2,6,8H,1,3-4H2,(H,9,10). The van der Waals surface area contributed by atoms with E-state index in [0.29, 0.717) is 13.2 Å². The highest BCUT2D eigenvalue weighted by molar-refractivity contribution is 6.10. The number of rotatable bonds is 3. The van der Waals surface area contributed by atoms with Crippen LogP contribution in [0.15, 0.2) is 12.2 Å². The zero-order valence-corrected chi connectivity index (χ0v) is 6.09. The van der Waals surface area contributed by atoms with Crippen LogP contribution < -0.4 is 5.32 Å². The van der Waals surface area contributed by atoms with Crippen LogP contribution in [0.3, 0.4) is 0 Å². The molecule has 2 N–H and O–H groups in total. The summed E-state index contributed by atoms with van der Waals surface area (Å²) in [5.74, 6) is -0.284. The van der Waals surface area contributed by atoms with E-state index in [4.69, 9.17) is 10.1 Å². The molecule has 1 fully saturated rings. The van der Waals surface area contributed by atoms with Crippen LogP contribution in [-0.2, 0) is 9.53 Å². The minimum Gasteiger partial charge on any atom is -0.377 e. The molecule has 0 radical (unpaired) electrons. The molecule has 11 heavy (non-hydrogen) atoms. The van der Waals surface area contributed by atoms with Crippen molar-refractivity contribution in [3.05, 3.63) is 12.2 Å². The number of carbonyl (C=O) groups is 1. The molecule has 60 valence electrons. The topological polar surface area (TPSA) is 62.2 Å². The SMILES string of the molecule is C=C(C=N)C(=O)NC1COC1. The molecule has 1 aliphatic rings. The Morgan fingerprint density at radius 3 is 2.73 bits per heavy atom. The Morgan fingerprint density at radius 2 is 2.36 bits per heavy atom. The molecule has 0 bridgehead atoms. The molecule has 0 atom stereocenters. The van der Waals surface area contributed by atoms with Gasteiger partial charge in [0, 0.05) is 11.8 Å². The molecular formula is C7H10N2O2. The number of hydrogen-bond donors (Lipinski definition) is 2. The summed E-state index contributed by atoms with van der Waals surface area (Å²) in [4.78, 5) is 11.0. The molecule has 1 heterocycles. The second kappa shape index (κ2) is 3.30. The smallest absolute Gasteiger partial charge is 0.252 e. The summed E-state index contributed by atoms with van der Waals surface area (Å²) in [5.41, 5.74) is 0.178. The van der Waals surface area contributed by atoms with Crippen molar-refractivity contribution in [1.82, 2.24) is 5.32 Å². The third-order valence-corrected chi connectivity index (χ3v) is 1.44. The van der Waals surface area contributed by atoms with E-state index in [1.165, 1.54) is 0 Å². The molecule has 4 heteroatoms. The van der Waals surface area contributed by atoms with E-state index in [2.05, 4.69) is 11.9 Å². The first-order chi connectivity index (χ1) is 5.24. The van der Waals surface area contributed by atoms with Crippen molar-refractivity contribution in [2.45, 2.75) is 6.04 Å². The van der Waals surface area contributed by atoms with Crippen LogP contribution >= 0.6 is 0 Å². The fraction of sp³-hybridized carbons (Fsp3) is 0.429. The average molecular weight is 154 g/mol. The maximum atomic E-state index is 11.0. The first-order valence-corrected chi connectivity index (χ1v) is 3.32. The minimum absolute atomic E-state index is 0.110. The lowest BCUT2D eigenvalue weighted by atomic mass is 10.2. The van der Waals surface area contributed by atoms with Gasteiger partial charge in [-0.3, -0.25) is 4.79 Å². The zero-order valence-electron chi connectivity index (χ0n) is 6.09. The Hall–Kier alpha value is -1.16. The lowest BCUT2D eigenvalue weighted by Crippen LogP contribution is -2.49. The van der Waals surface area contributed by atoms with Crippen LogP contribution in [0.25, 0.3) is 0 Å². The van der Waals surface area contributed by atoms with Gasteiger partial charge in [0.05, 0.1) is 19.3 Å². The lowest BCUT2D eigenvalue weighted by molar-refractivity contribution is -0.121. The number of nitrogens with one attached hydrogen (secondary N) is 2. The highest BCUT2D eigenvalue weighted by Crippen LogP contribution is 2.00. The summed E-state index contributed by atoms with van der Waals surface area (Å²) >= 11 is 0. The van der Waals surface area contributed by atoms with Crippen molar-refractivity contribution in [2.24, 2.45) is 0 Å². The number of hydrogen-bond acceptors (Lipinski definition) is 3. The van der Waals surface area contributed by atoms with Gasteiger partial charge in [0.1, 0.15) is 0 Å². The Kier molecular flexibility index (Phi) is 2.38. The maximum absolute atomic E-state index is 11.0. The van der Waals surface area contributed by atoms with E-state index >= 15 is 0 Å². The van der Waals surface area contributed by atoms with E-state index in [-0.39, 0.29) is 17.5 Å². The summed E-state index contributed by atoms with van der Waals surface area (Å²) in [6, 6.07) is 0.110. The van der Waals surface area contributed by atoms with Gasteiger partial charge < -0.3 is 15.5 Å². The van der Waals surface area contributed by atoms with Gasteiger partial charge in [0.15, 0.2) is 0 Å². The van der Waals surface area contributed by atoms with E-state index in [0.717, 1.165) is 6.21 Å². The van der Waals surface area contributed by atoms with E-state index in [9.17, 15) is 4.79 Å². The predicted octanol–water partition coefficient (Wildman–Crippen LogP) is -0.293. The molecule has 1 aliphatic heterocycles. The molecule has 0 aromatic heterocycles. The number of amides is 1. The van der Waals surface area contributed by atoms with Gasteiger partial charge in [-0.15, -0.1) is 0 Å². The third-order valence-electron chi connectivity index (χ3n) is 1.44. The van der Waals surface area contributed by atoms with Crippen molar-refractivity contribution >= 4 is 12.1 Å². The van der Waals surface area contributed by atoms with Gasteiger partial charge in [-0.25, -0.2) is 0 Å². The fourth-order valence-corrected chi connectivity index (χ4v) is 0.663. The van der Waals surface area contributed by atoms with Crippen LogP contribution in [0.5, 0.6) is 0 Å². The Labute approximate surface area is 64.7 Å². The van der Waals surface area contributed by atoms with Crippen LogP contribution in [0.1, 0.15) is 0 Å². The summed E-state index contributed by atoms with van der Waals surface area (Å²) in [7, 11) is 0. The summed E-state index contributed by atoms with van der Waals surface area (Å²) in [6.07, 6.45) is 0.939. The van der Waals surface area contributed by atoms with Crippen LogP contribution in [0.2, 0.25) is 0 Å². The van der Waals surface area contributed by atoms with Gasteiger partial charge in [-0.05, 0) is 0 Å². The average Bonchev–Trinajstić information content (AvgIpc) is 1.94. The zero-order chi connectivity index (χ0) is 8.27. The normalized spacial score (nSPS) is 16.7. The molecule has 1 rings (SSSR count). The monoisotopic (exact) mass is 154 g/mol. The Balaban J connectivity index is 2.30. The van der Waals surface area contributed by atoms with Crippen molar-refractivity contribution in [2.75, 3.05) is 13.2 Å². The highest BCUT2D eigenvalue weighted by atomic mass is 16.5. The minimum atomic E-state index is -0.284. The van der Waals surface area contributed by atoms with Crippen LogP contribution in [-0.4, -0.2) is 31.4 Å². The molecular weight excluding hydrogens is 144 g/mol. The quantitative estimate of drug-likeness (QED) is 0.433. The third kappa shape index (κ3) is 1.88. The molecule has 0 spiro atoms. The fourth-order valence-electron chi connectivity index (χ4n) is 0.663. The molecule has 0 unspecified atom stereocenters. The van der Waals surface area contributed by atoms with Gasteiger partial charge in [-0.1, -0.05) is 6.58 Å². The van der Waals surface area contributed by atoms with Gasteiger partial charge in [0.25, 0.3) is 5.91 Å². The van der Waals surface area contributed by atoms with E-state index < -0.39 is 0 Å². The summed E-state index contributed by atoms with van der Waals surface area (Å²) in [5, 5.41) is 9.39. The molecule has 0 saturated carbocycles. The van der Waals surface area contributed by atoms with Crippen molar-refractivity contribution < 1.29 is 9.53 Å². The molecule has 1 amide bonds. The summed E-state index contributed by atoms with van der Waals surface area (Å²) < 4.78 is 4.85. The van der Waals surface area contributed by atoms with Crippen LogP contribution in [0, 0.1) is 5.41 Å². The molecule has 4 nitrogen and oxygen atoms in total. The largest absolute Gasteiger partial charge is 0.377 e. The van der Waals surface area contributed by atoms with E-state index in [1.54, 1.807) is 0 Å². The second-order valence-electron chi connectivity index (χ2n) is 2.38. The van der Waals surface area contributed by atoms with Gasteiger partial charge >= 0.3 is 0 Å². The molecule has 1 saturated heterocycles. The Bertz CT molecular complexity index is 197. The van der Waals surface area contributed by atoms with Crippen molar-refractivity contribution in [3.63, 3.8) is 0 Å². The molecule has 0 aliphatic carbocycles. The second-order valence-corrected chi connectivity index (χ2v) is 2.38. The van der Waals surface area contributed by atoms with Crippen molar-refractivity contribution in [1.29, 1.82) is 5.41 Å². The van der Waals surface area contributed by atoms with Gasteiger partial charge in [-0.2, -0.15) is 0 Å². The van der Waals surface area contributed by atoms with E-state index in [1.807, 2.05) is 0 Å². The molecule has 0 aromatic carbocycles. The highest BCUT2D eigenvalue weighted by Gasteiger charge is 2.20. The summed E-state index contributed by atoms with van der Waals surface area (Å²) in [6.45, 7) is 4.52. The first-order valence-electron chi connectivity index (χ1n) is 3.32.